The molecular weight excluding hydrogens is 420 g/mol. The average Bonchev–Trinajstić information content (AvgIpc) is 2.95. The molecule has 1 saturated heterocycles. The van der Waals surface area contributed by atoms with Gasteiger partial charge in [-0.15, -0.1) is 0 Å². The van der Waals surface area contributed by atoms with Crippen LogP contribution in [0.2, 0.25) is 0 Å². The number of hydrogen-bond acceptors (Lipinski definition) is 4. The standard InChI is InChI=1S/C26H30N2O5/c1-17-8-6-7-13-28(15-17)25(31)23(14-24(29)30)27-26(32)33-16-22-20-11-4-2-9-18(20)19-10-3-5-12-21(19)22/h2-5,9-12,17,22-23H,6-8,13-16H2,1H3,(H,27,32)(H,29,30). The normalized spacial score (nSPS) is 18.6. The summed E-state index contributed by atoms with van der Waals surface area (Å²) in [6, 6.07) is 14.9. The predicted octanol–water partition coefficient (Wildman–Crippen LogP) is 4.02. The van der Waals surface area contributed by atoms with Crippen molar-refractivity contribution in [2.45, 2.75) is 44.6 Å². The number of likely N-dealkylation sites (tertiary alicyclic amines) is 1. The molecule has 2 aliphatic rings. The average molecular weight is 451 g/mol. The number of alkyl carbamates (subject to hydrolysis) is 1. The van der Waals surface area contributed by atoms with Gasteiger partial charge in [-0.05, 0) is 41.0 Å². The van der Waals surface area contributed by atoms with E-state index in [9.17, 15) is 19.5 Å². The highest BCUT2D eigenvalue weighted by Crippen LogP contribution is 2.44. The molecule has 174 valence electrons. The molecule has 0 radical (unpaired) electrons. The van der Waals surface area contributed by atoms with Crippen LogP contribution in [0.4, 0.5) is 4.79 Å². The van der Waals surface area contributed by atoms with E-state index in [1.165, 1.54) is 0 Å². The van der Waals surface area contributed by atoms with Crippen molar-refractivity contribution in [3.8, 4) is 11.1 Å². The van der Waals surface area contributed by atoms with Crippen LogP contribution in [0.1, 0.15) is 49.7 Å². The predicted molar refractivity (Wildman–Crippen MR) is 124 cm³/mol. The molecule has 0 spiro atoms. The molecule has 2 aromatic rings. The molecule has 4 rings (SSSR count). The summed E-state index contributed by atoms with van der Waals surface area (Å²) in [7, 11) is 0. The second kappa shape index (κ2) is 10.1. The number of nitrogens with one attached hydrogen (secondary N) is 1. The third kappa shape index (κ3) is 5.18. The molecule has 2 amide bonds. The highest BCUT2D eigenvalue weighted by atomic mass is 16.5. The van der Waals surface area contributed by atoms with Crippen LogP contribution in [0.3, 0.4) is 0 Å². The molecule has 1 aliphatic carbocycles. The van der Waals surface area contributed by atoms with Gasteiger partial charge in [-0.3, -0.25) is 9.59 Å². The van der Waals surface area contributed by atoms with Crippen molar-refractivity contribution in [3.63, 3.8) is 0 Å². The Morgan fingerprint density at radius 2 is 1.70 bits per heavy atom. The van der Waals surface area contributed by atoms with Crippen molar-refractivity contribution < 1.29 is 24.2 Å². The zero-order chi connectivity index (χ0) is 23.4. The van der Waals surface area contributed by atoms with E-state index >= 15 is 0 Å². The quantitative estimate of drug-likeness (QED) is 0.693. The number of carboxylic acids is 1. The maximum Gasteiger partial charge on any atom is 0.407 e. The van der Waals surface area contributed by atoms with Gasteiger partial charge in [0.05, 0.1) is 6.42 Å². The molecule has 2 N–H and O–H groups in total. The summed E-state index contributed by atoms with van der Waals surface area (Å²) in [6.07, 6.45) is 1.69. The molecule has 1 aliphatic heterocycles. The van der Waals surface area contributed by atoms with E-state index in [1.54, 1.807) is 4.90 Å². The van der Waals surface area contributed by atoms with Gasteiger partial charge < -0.3 is 20.1 Å². The van der Waals surface area contributed by atoms with E-state index in [0.29, 0.717) is 19.0 Å². The van der Waals surface area contributed by atoms with E-state index < -0.39 is 24.5 Å². The number of hydrogen-bond donors (Lipinski definition) is 2. The summed E-state index contributed by atoms with van der Waals surface area (Å²) in [4.78, 5) is 38.8. The van der Waals surface area contributed by atoms with Crippen molar-refractivity contribution in [2.75, 3.05) is 19.7 Å². The van der Waals surface area contributed by atoms with E-state index in [0.717, 1.165) is 41.5 Å². The number of fused-ring (bicyclic) bond motifs is 3. The molecule has 2 atom stereocenters. The lowest BCUT2D eigenvalue weighted by Gasteiger charge is -2.27. The van der Waals surface area contributed by atoms with Crippen LogP contribution in [-0.2, 0) is 14.3 Å². The molecule has 1 fully saturated rings. The number of carbonyl (C=O) groups is 3. The largest absolute Gasteiger partial charge is 0.481 e. The molecule has 7 heteroatoms. The number of nitrogens with zero attached hydrogens (tertiary/aromatic N) is 1. The van der Waals surface area contributed by atoms with Gasteiger partial charge in [-0.1, -0.05) is 61.9 Å². The van der Waals surface area contributed by atoms with Gasteiger partial charge in [-0.2, -0.15) is 0 Å². The van der Waals surface area contributed by atoms with Crippen LogP contribution < -0.4 is 5.32 Å². The molecule has 1 heterocycles. The van der Waals surface area contributed by atoms with Gasteiger partial charge in [0.25, 0.3) is 0 Å². The summed E-state index contributed by atoms with van der Waals surface area (Å²) in [6.45, 7) is 3.33. The van der Waals surface area contributed by atoms with Crippen LogP contribution in [-0.4, -0.2) is 53.7 Å². The van der Waals surface area contributed by atoms with Gasteiger partial charge in [0.2, 0.25) is 5.91 Å². The fourth-order valence-electron chi connectivity index (χ4n) is 4.93. The first-order chi connectivity index (χ1) is 15.9. The Labute approximate surface area is 193 Å². The van der Waals surface area contributed by atoms with Crippen LogP contribution in [0.15, 0.2) is 48.5 Å². The number of amides is 2. The monoisotopic (exact) mass is 450 g/mol. The maximum absolute atomic E-state index is 13.0. The Hall–Kier alpha value is -3.35. The van der Waals surface area contributed by atoms with Crippen LogP contribution >= 0.6 is 0 Å². The first kappa shape index (κ1) is 22.8. The lowest BCUT2D eigenvalue weighted by Crippen LogP contribution is -2.50. The molecule has 2 unspecified atom stereocenters. The molecule has 0 aromatic heterocycles. The Morgan fingerprint density at radius 1 is 1.06 bits per heavy atom. The fraction of sp³-hybridized carbons (Fsp3) is 0.423. The summed E-state index contributed by atoms with van der Waals surface area (Å²) in [5, 5.41) is 11.8. The van der Waals surface area contributed by atoms with Crippen molar-refractivity contribution in [1.82, 2.24) is 10.2 Å². The summed E-state index contributed by atoms with van der Waals surface area (Å²) >= 11 is 0. The second-order valence-electron chi connectivity index (χ2n) is 9.01. The topological polar surface area (TPSA) is 95.9 Å². The first-order valence-corrected chi connectivity index (χ1v) is 11.6. The lowest BCUT2D eigenvalue weighted by atomic mass is 9.98. The minimum absolute atomic E-state index is 0.106. The van der Waals surface area contributed by atoms with Crippen molar-refractivity contribution in [2.24, 2.45) is 5.92 Å². The molecule has 33 heavy (non-hydrogen) atoms. The van der Waals surface area contributed by atoms with E-state index in [2.05, 4.69) is 24.4 Å². The van der Waals surface area contributed by atoms with Gasteiger partial charge in [-0.25, -0.2) is 4.79 Å². The second-order valence-corrected chi connectivity index (χ2v) is 9.01. The fourth-order valence-corrected chi connectivity index (χ4v) is 4.93. The Balaban J connectivity index is 1.43. The number of aliphatic carboxylic acids is 1. The number of ether oxygens (including phenoxy) is 1. The van der Waals surface area contributed by atoms with Crippen molar-refractivity contribution >= 4 is 18.0 Å². The van der Waals surface area contributed by atoms with Gasteiger partial charge in [0.15, 0.2) is 0 Å². The Kier molecular flexibility index (Phi) is 6.96. The van der Waals surface area contributed by atoms with Crippen molar-refractivity contribution in [1.29, 1.82) is 0 Å². The Bertz CT molecular complexity index is 991. The number of benzene rings is 2. The lowest BCUT2D eigenvalue weighted by molar-refractivity contribution is -0.142. The van der Waals surface area contributed by atoms with Crippen LogP contribution in [0.25, 0.3) is 11.1 Å². The van der Waals surface area contributed by atoms with Gasteiger partial charge in [0, 0.05) is 19.0 Å². The zero-order valence-electron chi connectivity index (χ0n) is 18.8. The summed E-state index contributed by atoms with van der Waals surface area (Å²) in [5.41, 5.74) is 4.42. The first-order valence-electron chi connectivity index (χ1n) is 11.6. The maximum atomic E-state index is 13.0. The Morgan fingerprint density at radius 3 is 2.33 bits per heavy atom. The van der Waals surface area contributed by atoms with Crippen LogP contribution in [0, 0.1) is 5.92 Å². The third-order valence-corrected chi connectivity index (χ3v) is 6.53. The minimum atomic E-state index is -1.15. The van der Waals surface area contributed by atoms with Crippen LogP contribution in [0.5, 0.6) is 0 Å². The number of rotatable bonds is 6. The zero-order valence-corrected chi connectivity index (χ0v) is 18.8. The van der Waals surface area contributed by atoms with E-state index in [1.807, 2.05) is 36.4 Å². The minimum Gasteiger partial charge on any atom is -0.481 e. The number of carboxylic acid groups (broad SMARTS) is 1. The van der Waals surface area contributed by atoms with E-state index in [-0.39, 0.29) is 18.4 Å². The van der Waals surface area contributed by atoms with Crippen molar-refractivity contribution in [3.05, 3.63) is 59.7 Å². The smallest absolute Gasteiger partial charge is 0.407 e. The molecule has 0 saturated carbocycles. The molecule has 0 bridgehead atoms. The highest BCUT2D eigenvalue weighted by molar-refractivity contribution is 5.89. The van der Waals surface area contributed by atoms with E-state index in [4.69, 9.17) is 4.74 Å². The SMILES string of the molecule is CC1CCCCN(C(=O)C(CC(=O)O)NC(=O)OCC2c3ccccc3-c3ccccc32)C1. The third-order valence-electron chi connectivity index (χ3n) is 6.53. The number of carbonyl (C=O) groups excluding carboxylic acids is 2. The summed E-state index contributed by atoms with van der Waals surface area (Å²) in [5.74, 6) is -1.27. The van der Waals surface area contributed by atoms with Gasteiger partial charge >= 0.3 is 12.1 Å². The molecule has 2 aromatic carbocycles. The van der Waals surface area contributed by atoms with Gasteiger partial charge in [0.1, 0.15) is 12.6 Å². The highest BCUT2D eigenvalue weighted by Gasteiger charge is 2.32. The molecular formula is C26H30N2O5. The summed E-state index contributed by atoms with van der Waals surface area (Å²) < 4.78 is 5.52. The molecule has 7 nitrogen and oxygen atoms in total.